The Bertz CT molecular complexity index is 3160. The van der Waals surface area contributed by atoms with Crippen molar-refractivity contribution in [1.29, 1.82) is 0 Å². The summed E-state index contributed by atoms with van der Waals surface area (Å²) in [5, 5.41) is 11.6. The maximum atomic E-state index is 6.74. The molecule has 2 heterocycles. The Morgan fingerprint density at radius 1 is 0.321 bits per heavy atom. The summed E-state index contributed by atoms with van der Waals surface area (Å²) in [5.74, 6) is 1.88. The number of rotatable bonds is 4. The van der Waals surface area contributed by atoms with Crippen LogP contribution in [0.15, 0.2) is 180 Å². The van der Waals surface area contributed by atoms with Gasteiger partial charge in [0.2, 0.25) is 0 Å². The van der Waals surface area contributed by atoms with Gasteiger partial charge in [-0.05, 0) is 67.0 Å². The fourth-order valence-corrected chi connectivity index (χ4v) is 8.00. The molecule has 11 aromatic rings. The van der Waals surface area contributed by atoms with Crippen LogP contribution in [0.2, 0.25) is 0 Å². The molecule has 2 aromatic heterocycles. The van der Waals surface area contributed by atoms with Gasteiger partial charge in [0.25, 0.3) is 0 Å². The van der Waals surface area contributed by atoms with E-state index >= 15 is 0 Å². The summed E-state index contributed by atoms with van der Waals surface area (Å²) in [6.45, 7) is 0. The van der Waals surface area contributed by atoms with Crippen LogP contribution in [-0.4, -0.2) is 15.0 Å². The largest absolute Gasteiger partial charge is 0.455 e. The molecule has 4 nitrogen and oxygen atoms in total. The van der Waals surface area contributed by atoms with Gasteiger partial charge in [-0.3, -0.25) is 0 Å². The van der Waals surface area contributed by atoms with Gasteiger partial charge >= 0.3 is 0 Å². The lowest BCUT2D eigenvalue weighted by Gasteiger charge is -2.12. The SMILES string of the molecule is c1ccc(-c2nc(-c3ccccc3)nc(-c3cc4c(oc5cccc(-c6ccc7c(ccc8c9ccccc9ccc78)c6)c54)c4ccccc34)n2)cc1. The smallest absolute Gasteiger partial charge is 0.164 e. The molecule has 53 heavy (non-hydrogen) atoms. The van der Waals surface area contributed by atoms with Gasteiger partial charge in [0.05, 0.1) is 0 Å². The van der Waals surface area contributed by atoms with Gasteiger partial charge in [-0.15, -0.1) is 0 Å². The minimum atomic E-state index is 0.618. The van der Waals surface area contributed by atoms with E-state index in [-0.39, 0.29) is 0 Å². The van der Waals surface area contributed by atoms with E-state index in [0.717, 1.165) is 60.5 Å². The first-order valence-electron chi connectivity index (χ1n) is 17.9. The van der Waals surface area contributed by atoms with Crippen molar-refractivity contribution in [3.63, 3.8) is 0 Å². The number of benzene rings is 9. The highest BCUT2D eigenvalue weighted by atomic mass is 16.3. The highest BCUT2D eigenvalue weighted by molar-refractivity contribution is 6.23. The minimum Gasteiger partial charge on any atom is -0.455 e. The topological polar surface area (TPSA) is 51.8 Å². The summed E-state index contributed by atoms with van der Waals surface area (Å²) < 4.78 is 6.74. The molecule has 0 aliphatic rings. The Morgan fingerprint density at radius 3 is 1.64 bits per heavy atom. The van der Waals surface area contributed by atoms with E-state index in [1.165, 1.54) is 32.3 Å². The Balaban J connectivity index is 1.15. The number of fused-ring (bicyclic) bond motifs is 10. The van der Waals surface area contributed by atoms with Gasteiger partial charge < -0.3 is 4.42 Å². The maximum Gasteiger partial charge on any atom is 0.164 e. The highest BCUT2D eigenvalue weighted by Crippen LogP contribution is 2.43. The van der Waals surface area contributed by atoms with Gasteiger partial charge in [-0.2, -0.15) is 0 Å². The monoisotopic (exact) mass is 675 g/mol. The molecular formula is C49H29N3O. The van der Waals surface area contributed by atoms with Gasteiger partial charge in [-0.1, -0.05) is 158 Å². The third-order valence-corrected chi connectivity index (χ3v) is 10.5. The lowest BCUT2D eigenvalue weighted by molar-refractivity contribution is 0.673. The Labute approximate surface area is 304 Å². The van der Waals surface area contributed by atoms with Crippen molar-refractivity contribution in [1.82, 2.24) is 15.0 Å². The highest BCUT2D eigenvalue weighted by Gasteiger charge is 2.21. The zero-order chi connectivity index (χ0) is 34.9. The van der Waals surface area contributed by atoms with Crippen molar-refractivity contribution in [2.75, 3.05) is 0 Å². The van der Waals surface area contributed by atoms with E-state index in [1.54, 1.807) is 0 Å². The summed E-state index contributed by atoms with van der Waals surface area (Å²) in [4.78, 5) is 15.2. The first kappa shape index (κ1) is 29.5. The van der Waals surface area contributed by atoms with E-state index in [9.17, 15) is 0 Å². The van der Waals surface area contributed by atoms with Gasteiger partial charge in [-0.25, -0.2) is 15.0 Å². The molecule has 0 bridgehead atoms. The molecule has 0 aliphatic carbocycles. The lowest BCUT2D eigenvalue weighted by atomic mass is 9.93. The molecule has 246 valence electrons. The third kappa shape index (κ3) is 4.73. The quantitative estimate of drug-likeness (QED) is 0.174. The van der Waals surface area contributed by atoms with Gasteiger partial charge in [0.15, 0.2) is 17.5 Å². The summed E-state index contributed by atoms with van der Waals surface area (Å²) in [6, 6.07) is 61.6. The lowest BCUT2D eigenvalue weighted by Crippen LogP contribution is -2.00. The van der Waals surface area contributed by atoms with Crippen LogP contribution in [-0.2, 0) is 0 Å². The fourth-order valence-electron chi connectivity index (χ4n) is 8.00. The molecule has 0 amide bonds. The number of furan rings is 1. The predicted molar refractivity (Wildman–Crippen MR) is 219 cm³/mol. The Hall–Kier alpha value is -7.17. The van der Waals surface area contributed by atoms with Crippen molar-refractivity contribution < 1.29 is 4.42 Å². The zero-order valence-electron chi connectivity index (χ0n) is 28.5. The first-order chi connectivity index (χ1) is 26.3. The van der Waals surface area contributed by atoms with Crippen LogP contribution in [0.25, 0.3) is 110 Å². The zero-order valence-corrected chi connectivity index (χ0v) is 28.5. The van der Waals surface area contributed by atoms with E-state index in [4.69, 9.17) is 19.4 Å². The molecule has 0 saturated carbocycles. The van der Waals surface area contributed by atoms with E-state index in [0.29, 0.717) is 17.5 Å². The van der Waals surface area contributed by atoms with Crippen LogP contribution in [0.4, 0.5) is 0 Å². The normalized spacial score (nSPS) is 11.8. The molecule has 0 N–H and O–H groups in total. The molecule has 0 unspecified atom stereocenters. The summed E-state index contributed by atoms with van der Waals surface area (Å²) in [5.41, 5.74) is 6.76. The molecule has 9 aromatic carbocycles. The second kappa shape index (κ2) is 11.7. The molecule has 0 saturated heterocycles. The second-order valence-corrected chi connectivity index (χ2v) is 13.5. The summed E-state index contributed by atoms with van der Waals surface area (Å²) in [7, 11) is 0. The van der Waals surface area contributed by atoms with Crippen LogP contribution in [0, 0.1) is 0 Å². The maximum absolute atomic E-state index is 6.74. The number of aromatic nitrogens is 3. The number of nitrogens with zero attached hydrogens (tertiary/aromatic N) is 3. The summed E-state index contributed by atoms with van der Waals surface area (Å²) >= 11 is 0. The molecule has 4 heteroatoms. The predicted octanol–water partition coefficient (Wildman–Crippen LogP) is 13.1. The van der Waals surface area contributed by atoms with Crippen molar-refractivity contribution in [2.24, 2.45) is 0 Å². The van der Waals surface area contributed by atoms with Crippen LogP contribution in [0.5, 0.6) is 0 Å². The van der Waals surface area contributed by atoms with Crippen LogP contribution >= 0.6 is 0 Å². The molecule has 0 aliphatic heterocycles. The average Bonchev–Trinajstić information content (AvgIpc) is 3.62. The fraction of sp³-hybridized carbons (Fsp3) is 0. The molecule has 0 atom stereocenters. The average molecular weight is 676 g/mol. The van der Waals surface area contributed by atoms with Crippen molar-refractivity contribution in [3.05, 3.63) is 176 Å². The van der Waals surface area contributed by atoms with Crippen molar-refractivity contribution >= 4 is 65.0 Å². The van der Waals surface area contributed by atoms with Gasteiger partial charge in [0.1, 0.15) is 11.2 Å². The number of hydrogen-bond donors (Lipinski definition) is 0. The van der Waals surface area contributed by atoms with E-state index in [2.05, 4.69) is 115 Å². The number of hydrogen-bond acceptors (Lipinski definition) is 4. The van der Waals surface area contributed by atoms with Crippen molar-refractivity contribution in [3.8, 4) is 45.3 Å². The molecule has 0 spiro atoms. The van der Waals surface area contributed by atoms with E-state index < -0.39 is 0 Å². The molecular weight excluding hydrogens is 647 g/mol. The second-order valence-electron chi connectivity index (χ2n) is 13.5. The minimum absolute atomic E-state index is 0.618. The van der Waals surface area contributed by atoms with Crippen LogP contribution in [0.3, 0.4) is 0 Å². The standard InChI is InChI=1S/C49H29N3O/c1-3-13-31(14-4-1)47-50-48(32-15-5-2-6-16-32)52-49(51-47)42-29-43-45-37(20-11-21-44(45)53-46(43)41-19-10-9-18-38(41)42)34-23-25-36-33(28-34)24-27-39-35-17-8-7-12-30(35)22-26-40(36)39/h1-29H. The third-order valence-electron chi connectivity index (χ3n) is 10.5. The molecule has 11 rings (SSSR count). The summed E-state index contributed by atoms with van der Waals surface area (Å²) in [6.07, 6.45) is 0. The first-order valence-corrected chi connectivity index (χ1v) is 17.9. The Kier molecular flexibility index (Phi) is 6.52. The van der Waals surface area contributed by atoms with Crippen molar-refractivity contribution in [2.45, 2.75) is 0 Å². The van der Waals surface area contributed by atoms with Gasteiger partial charge in [0, 0.05) is 32.8 Å². The molecule has 0 fully saturated rings. The van der Waals surface area contributed by atoms with Crippen LogP contribution < -0.4 is 0 Å². The molecule has 0 radical (unpaired) electrons. The Morgan fingerprint density at radius 2 is 0.906 bits per heavy atom. The van der Waals surface area contributed by atoms with Crippen LogP contribution in [0.1, 0.15) is 0 Å². The van der Waals surface area contributed by atoms with E-state index in [1.807, 2.05) is 60.7 Å².